The lowest BCUT2D eigenvalue weighted by molar-refractivity contribution is -0.142. The van der Waals surface area contributed by atoms with Gasteiger partial charge in [0.15, 0.2) is 5.78 Å². The van der Waals surface area contributed by atoms with Crippen LogP contribution in [0.4, 0.5) is 0 Å². The van der Waals surface area contributed by atoms with E-state index in [9.17, 15) is 14.4 Å². The van der Waals surface area contributed by atoms with Gasteiger partial charge in [-0.25, -0.2) is 0 Å². The molecule has 0 aromatic rings. The van der Waals surface area contributed by atoms with E-state index in [-0.39, 0.29) is 35.9 Å². The van der Waals surface area contributed by atoms with Gasteiger partial charge in [0.25, 0.3) is 0 Å². The number of carbonyl (C=O) groups excluding carboxylic acids is 3. The normalized spacial score (nSPS) is 13.8. The molecule has 0 rings (SSSR count). The molecule has 0 heterocycles. The molecule has 0 aliphatic carbocycles. The molecular weight excluding hydrogens is 296 g/mol. The Bertz CT molecular complexity index is 407. The zero-order valence-electron chi connectivity index (χ0n) is 15.5. The molecule has 23 heavy (non-hydrogen) atoms. The molecule has 2 amide bonds. The summed E-state index contributed by atoms with van der Waals surface area (Å²) < 4.78 is 5.19. The minimum Gasteiger partial charge on any atom is -0.381 e. The van der Waals surface area contributed by atoms with Gasteiger partial charge in [-0.3, -0.25) is 14.4 Å². The minimum absolute atomic E-state index is 0.00299. The van der Waals surface area contributed by atoms with Gasteiger partial charge in [0.1, 0.15) is 6.04 Å². The van der Waals surface area contributed by atoms with Crippen LogP contribution in [0, 0.1) is 11.8 Å². The van der Waals surface area contributed by atoms with Crippen molar-refractivity contribution in [2.45, 2.75) is 60.0 Å². The van der Waals surface area contributed by atoms with Crippen molar-refractivity contribution < 1.29 is 19.1 Å². The first kappa shape index (κ1) is 21.6. The second-order valence-corrected chi connectivity index (χ2v) is 6.48. The van der Waals surface area contributed by atoms with Gasteiger partial charge in [-0.05, 0) is 25.7 Å². The standard InChI is InChI=1S/C17H32N2O4/c1-8-23-10-9-14(21)19(7)16(12(4)5)17(22)18-15(11(2)3)13(6)20/h11-12,15-16H,8-10H2,1-7H3,(H,18,22)/t15-,16-/m0/s1. The summed E-state index contributed by atoms with van der Waals surface area (Å²) in [5.41, 5.74) is 0. The molecule has 0 bridgehead atoms. The number of carbonyl (C=O) groups is 3. The van der Waals surface area contributed by atoms with Crippen molar-refractivity contribution >= 4 is 17.6 Å². The van der Waals surface area contributed by atoms with Crippen molar-refractivity contribution in [2.75, 3.05) is 20.3 Å². The molecule has 1 N–H and O–H groups in total. The Balaban J connectivity index is 4.98. The Kier molecular flexibility index (Phi) is 9.72. The summed E-state index contributed by atoms with van der Waals surface area (Å²) in [6.07, 6.45) is 0.237. The third-order valence-electron chi connectivity index (χ3n) is 3.78. The van der Waals surface area contributed by atoms with Gasteiger partial charge in [-0.2, -0.15) is 0 Å². The second-order valence-electron chi connectivity index (χ2n) is 6.48. The quantitative estimate of drug-likeness (QED) is 0.618. The van der Waals surface area contributed by atoms with Crippen LogP contribution in [0.2, 0.25) is 0 Å². The average Bonchev–Trinajstić information content (AvgIpc) is 2.43. The van der Waals surface area contributed by atoms with Crippen LogP contribution < -0.4 is 5.32 Å². The van der Waals surface area contributed by atoms with Gasteiger partial charge in [-0.15, -0.1) is 0 Å². The number of amides is 2. The maximum atomic E-state index is 12.6. The lowest BCUT2D eigenvalue weighted by atomic mass is 9.97. The first-order valence-corrected chi connectivity index (χ1v) is 8.27. The Hall–Kier alpha value is -1.43. The van der Waals surface area contributed by atoms with Crippen LogP contribution in [0.25, 0.3) is 0 Å². The van der Waals surface area contributed by atoms with E-state index in [1.165, 1.54) is 11.8 Å². The van der Waals surface area contributed by atoms with Crippen molar-refractivity contribution in [1.82, 2.24) is 10.2 Å². The van der Waals surface area contributed by atoms with Crippen LogP contribution in [0.5, 0.6) is 0 Å². The van der Waals surface area contributed by atoms with Gasteiger partial charge in [0.05, 0.1) is 19.1 Å². The number of ether oxygens (including phenoxy) is 1. The van der Waals surface area contributed by atoms with E-state index in [0.29, 0.717) is 13.2 Å². The number of likely N-dealkylation sites (N-methyl/N-ethyl adjacent to an activating group) is 1. The summed E-state index contributed by atoms with van der Waals surface area (Å²) in [5.74, 6) is -0.572. The second kappa shape index (κ2) is 10.4. The molecule has 0 aromatic carbocycles. The fourth-order valence-electron chi connectivity index (χ4n) is 2.54. The highest BCUT2D eigenvalue weighted by molar-refractivity contribution is 5.92. The highest BCUT2D eigenvalue weighted by atomic mass is 16.5. The molecule has 0 fully saturated rings. The van der Waals surface area contributed by atoms with Gasteiger partial charge < -0.3 is 15.0 Å². The predicted molar refractivity (Wildman–Crippen MR) is 90.0 cm³/mol. The molecule has 0 spiro atoms. The average molecular weight is 328 g/mol. The van der Waals surface area contributed by atoms with E-state index in [1.807, 2.05) is 34.6 Å². The van der Waals surface area contributed by atoms with E-state index < -0.39 is 12.1 Å². The number of rotatable bonds is 10. The molecule has 6 nitrogen and oxygen atoms in total. The SMILES string of the molecule is CCOCCC(=O)N(C)[C@H](C(=O)N[C@H](C(C)=O)C(C)C)C(C)C. The lowest BCUT2D eigenvalue weighted by Crippen LogP contribution is -2.55. The zero-order valence-corrected chi connectivity index (χ0v) is 15.5. The molecule has 0 aromatic heterocycles. The molecule has 0 unspecified atom stereocenters. The van der Waals surface area contributed by atoms with E-state index in [1.54, 1.807) is 7.05 Å². The Morgan fingerprint density at radius 1 is 1.09 bits per heavy atom. The lowest BCUT2D eigenvalue weighted by Gasteiger charge is -2.32. The first-order chi connectivity index (χ1) is 10.6. The van der Waals surface area contributed by atoms with Crippen LogP contribution >= 0.6 is 0 Å². The third kappa shape index (κ3) is 7.12. The fraction of sp³-hybridized carbons (Fsp3) is 0.824. The van der Waals surface area contributed by atoms with Crippen molar-refractivity contribution in [3.63, 3.8) is 0 Å². The summed E-state index contributed by atoms with van der Waals surface area (Å²) in [5, 5.41) is 2.79. The molecule has 0 saturated carbocycles. The summed E-state index contributed by atoms with van der Waals surface area (Å²) in [4.78, 5) is 37.9. The number of nitrogens with zero attached hydrogens (tertiary/aromatic N) is 1. The van der Waals surface area contributed by atoms with Gasteiger partial charge in [0.2, 0.25) is 11.8 Å². The molecule has 0 radical (unpaired) electrons. The number of hydrogen-bond acceptors (Lipinski definition) is 4. The van der Waals surface area contributed by atoms with Crippen LogP contribution in [-0.2, 0) is 19.1 Å². The Morgan fingerprint density at radius 2 is 1.65 bits per heavy atom. The zero-order chi connectivity index (χ0) is 18.2. The summed E-state index contributed by atoms with van der Waals surface area (Å²) in [6.45, 7) is 11.8. The number of hydrogen-bond donors (Lipinski definition) is 1. The molecule has 0 aliphatic rings. The van der Waals surface area contributed by atoms with Crippen molar-refractivity contribution in [3.05, 3.63) is 0 Å². The van der Waals surface area contributed by atoms with Crippen LogP contribution in [0.3, 0.4) is 0 Å². The number of nitrogens with one attached hydrogen (secondary N) is 1. The summed E-state index contributed by atoms with van der Waals surface area (Å²) in [6, 6.07) is -1.14. The largest absolute Gasteiger partial charge is 0.381 e. The Morgan fingerprint density at radius 3 is 2.04 bits per heavy atom. The van der Waals surface area contributed by atoms with Crippen molar-refractivity contribution in [2.24, 2.45) is 11.8 Å². The minimum atomic E-state index is -0.607. The summed E-state index contributed by atoms with van der Waals surface area (Å²) in [7, 11) is 1.62. The van der Waals surface area contributed by atoms with Crippen molar-refractivity contribution in [3.8, 4) is 0 Å². The van der Waals surface area contributed by atoms with E-state index in [2.05, 4.69) is 5.32 Å². The van der Waals surface area contributed by atoms with E-state index in [0.717, 1.165) is 0 Å². The summed E-state index contributed by atoms with van der Waals surface area (Å²) >= 11 is 0. The molecule has 134 valence electrons. The number of Topliss-reactive ketones (excluding diaryl/α,β-unsaturated/α-hetero) is 1. The Labute approximate surface area is 139 Å². The molecule has 6 heteroatoms. The van der Waals surface area contributed by atoms with Crippen LogP contribution in [0.1, 0.15) is 48.0 Å². The van der Waals surface area contributed by atoms with Gasteiger partial charge >= 0.3 is 0 Å². The molecular formula is C17H32N2O4. The highest BCUT2D eigenvalue weighted by Crippen LogP contribution is 2.13. The van der Waals surface area contributed by atoms with Crippen LogP contribution in [0.15, 0.2) is 0 Å². The topological polar surface area (TPSA) is 75.7 Å². The maximum absolute atomic E-state index is 12.6. The fourth-order valence-corrected chi connectivity index (χ4v) is 2.54. The third-order valence-corrected chi connectivity index (χ3v) is 3.78. The number of ketones is 1. The smallest absolute Gasteiger partial charge is 0.243 e. The van der Waals surface area contributed by atoms with Gasteiger partial charge in [-0.1, -0.05) is 27.7 Å². The molecule has 0 saturated heterocycles. The van der Waals surface area contributed by atoms with Gasteiger partial charge in [0, 0.05) is 13.7 Å². The monoisotopic (exact) mass is 328 g/mol. The predicted octanol–water partition coefficient (Wildman–Crippen LogP) is 1.63. The van der Waals surface area contributed by atoms with Crippen LogP contribution in [-0.4, -0.2) is 54.8 Å². The molecule has 0 aliphatic heterocycles. The molecule has 2 atom stereocenters. The highest BCUT2D eigenvalue weighted by Gasteiger charge is 2.32. The van der Waals surface area contributed by atoms with Crippen molar-refractivity contribution in [1.29, 1.82) is 0 Å². The van der Waals surface area contributed by atoms with E-state index in [4.69, 9.17) is 4.74 Å². The van der Waals surface area contributed by atoms with E-state index >= 15 is 0 Å². The maximum Gasteiger partial charge on any atom is 0.243 e. The first-order valence-electron chi connectivity index (χ1n) is 8.27.